The highest BCUT2D eigenvalue weighted by molar-refractivity contribution is 9.10. The first-order valence-corrected chi connectivity index (χ1v) is 6.36. The fourth-order valence-corrected chi connectivity index (χ4v) is 2.18. The fourth-order valence-electron chi connectivity index (χ4n) is 1.79. The number of hydrogen-bond acceptors (Lipinski definition) is 3. The van der Waals surface area contributed by atoms with E-state index in [1.807, 2.05) is 0 Å². The summed E-state index contributed by atoms with van der Waals surface area (Å²) >= 11 is 3.11. The molecule has 0 saturated carbocycles. The molecule has 1 aromatic carbocycles. The topological polar surface area (TPSA) is 42.2 Å². The van der Waals surface area contributed by atoms with Gasteiger partial charge in [-0.25, -0.2) is 27.5 Å². The third-order valence-corrected chi connectivity index (χ3v) is 3.08. The summed E-state index contributed by atoms with van der Waals surface area (Å²) < 4.78 is 55.5. The lowest BCUT2D eigenvalue weighted by Gasteiger charge is -2.10. The van der Waals surface area contributed by atoms with Crippen LogP contribution in [0.4, 0.5) is 29.1 Å². The highest BCUT2D eigenvalue weighted by Crippen LogP contribution is 2.28. The molecule has 2 aromatic heterocycles. The number of nitrogens with one attached hydrogen (secondary N) is 1. The molecular formula is C12H5BrF4N4. The van der Waals surface area contributed by atoms with Crippen LogP contribution in [-0.4, -0.2) is 14.4 Å². The lowest BCUT2D eigenvalue weighted by atomic mass is 10.2. The Kier molecular flexibility index (Phi) is 3.28. The largest absolute Gasteiger partial charge is 0.332 e. The van der Waals surface area contributed by atoms with Crippen LogP contribution in [0.3, 0.4) is 0 Å². The first-order chi connectivity index (χ1) is 9.97. The van der Waals surface area contributed by atoms with Crippen LogP contribution in [0.5, 0.6) is 0 Å². The molecule has 0 radical (unpaired) electrons. The Labute approximate surface area is 123 Å². The van der Waals surface area contributed by atoms with Crippen LogP contribution in [0.1, 0.15) is 0 Å². The number of imidazole rings is 1. The molecule has 3 rings (SSSR count). The van der Waals surface area contributed by atoms with Crippen LogP contribution in [0.15, 0.2) is 29.3 Å². The van der Waals surface area contributed by atoms with Crippen molar-refractivity contribution in [2.45, 2.75) is 0 Å². The first-order valence-electron chi connectivity index (χ1n) is 5.56. The van der Waals surface area contributed by atoms with Gasteiger partial charge in [-0.15, -0.1) is 0 Å². The number of nitrogens with zero attached hydrogens (tertiary/aromatic N) is 3. The van der Waals surface area contributed by atoms with E-state index in [1.54, 1.807) is 12.4 Å². The van der Waals surface area contributed by atoms with E-state index < -0.39 is 29.0 Å². The van der Waals surface area contributed by atoms with Gasteiger partial charge in [0, 0.05) is 24.7 Å². The minimum absolute atomic E-state index is 0.0582. The highest BCUT2D eigenvalue weighted by atomic mass is 79.9. The van der Waals surface area contributed by atoms with Gasteiger partial charge in [0.1, 0.15) is 10.3 Å². The number of anilines is 2. The fraction of sp³-hybridized carbons (Fsp3) is 0. The number of benzene rings is 1. The Balaban J connectivity index is 2.17. The van der Waals surface area contributed by atoms with Crippen LogP contribution in [0, 0.1) is 23.3 Å². The van der Waals surface area contributed by atoms with Crippen LogP contribution in [0.2, 0.25) is 0 Å². The Morgan fingerprint density at radius 1 is 1.10 bits per heavy atom. The molecule has 0 spiro atoms. The molecule has 21 heavy (non-hydrogen) atoms. The first kappa shape index (κ1) is 13.8. The predicted molar refractivity (Wildman–Crippen MR) is 70.2 cm³/mol. The molecule has 3 aromatic rings. The molecule has 108 valence electrons. The molecular weight excluding hydrogens is 356 g/mol. The zero-order chi connectivity index (χ0) is 15.1. The average molecular weight is 361 g/mol. The molecule has 0 unspecified atom stereocenters. The van der Waals surface area contributed by atoms with Crippen molar-refractivity contribution >= 4 is 33.1 Å². The molecule has 0 bridgehead atoms. The Morgan fingerprint density at radius 2 is 1.76 bits per heavy atom. The molecule has 0 amide bonds. The van der Waals surface area contributed by atoms with Gasteiger partial charge in [-0.3, -0.25) is 0 Å². The van der Waals surface area contributed by atoms with E-state index >= 15 is 0 Å². The molecule has 0 aliphatic rings. The van der Waals surface area contributed by atoms with Crippen LogP contribution >= 0.6 is 15.9 Å². The molecule has 0 saturated heterocycles. The van der Waals surface area contributed by atoms with E-state index in [1.165, 1.54) is 10.6 Å². The van der Waals surface area contributed by atoms with Crippen LogP contribution in [0.25, 0.3) is 5.65 Å². The van der Waals surface area contributed by atoms with Crippen molar-refractivity contribution in [2.24, 2.45) is 0 Å². The number of rotatable bonds is 2. The van der Waals surface area contributed by atoms with Gasteiger partial charge in [0.05, 0.1) is 0 Å². The Bertz CT molecular complexity index is 823. The van der Waals surface area contributed by atoms with Crippen LogP contribution < -0.4 is 5.32 Å². The van der Waals surface area contributed by atoms with Crippen molar-refractivity contribution in [3.05, 3.63) is 52.5 Å². The minimum atomic E-state index is -1.54. The summed E-state index contributed by atoms with van der Waals surface area (Å²) in [7, 11) is 0. The van der Waals surface area contributed by atoms with E-state index in [4.69, 9.17) is 0 Å². The van der Waals surface area contributed by atoms with E-state index in [0.717, 1.165) is 0 Å². The van der Waals surface area contributed by atoms with Gasteiger partial charge in [-0.05, 0) is 15.9 Å². The van der Waals surface area contributed by atoms with E-state index in [0.29, 0.717) is 4.60 Å². The van der Waals surface area contributed by atoms with Gasteiger partial charge >= 0.3 is 0 Å². The maximum atomic E-state index is 13.6. The molecule has 0 aliphatic carbocycles. The van der Waals surface area contributed by atoms with Gasteiger partial charge in [-0.2, -0.15) is 0 Å². The maximum absolute atomic E-state index is 13.6. The van der Waals surface area contributed by atoms with Gasteiger partial charge in [0.2, 0.25) is 0 Å². The Hall–Kier alpha value is -2.16. The number of fused-ring (bicyclic) bond motifs is 1. The second kappa shape index (κ2) is 4.99. The lowest BCUT2D eigenvalue weighted by molar-refractivity contribution is 0.459. The third-order valence-electron chi connectivity index (χ3n) is 2.70. The Morgan fingerprint density at radius 3 is 2.43 bits per heavy atom. The van der Waals surface area contributed by atoms with E-state index in [9.17, 15) is 17.6 Å². The molecule has 0 fully saturated rings. The smallest absolute Gasteiger partial charge is 0.185 e. The maximum Gasteiger partial charge on any atom is 0.185 e. The van der Waals surface area contributed by atoms with E-state index in [-0.39, 0.29) is 17.5 Å². The summed E-state index contributed by atoms with van der Waals surface area (Å²) in [4.78, 5) is 7.90. The van der Waals surface area contributed by atoms with Crippen molar-refractivity contribution in [1.29, 1.82) is 0 Å². The van der Waals surface area contributed by atoms with Gasteiger partial charge in [0.25, 0.3) is 0 Å². The zero-order valence-electron chi connectivity index (χ0n) is 10.0. The van der Waals surface area contributed by atoms with Crippen molar-refractivity contribution in [3.63, 3.8) is 0 Å². The predicted octanol–water partition coefficient (Wildman–Crippen LogP) is 3.79. The molecule has 1 N–H and O–H groups in total. The summed E-state index contributed by atoms with van der Waals surface area (Å²) in [5, 5.41) is 2.24. The highest BCUT2D eigenvalue weighted by Gasteiger charge is 2.20. The second-order valence-corrected chi connectivity index (χ2v) is 4.85. The summed E-state index contributed by atoms with van der Waals surface area (Å²) in [6, 6.07) is 0.134. The minimum Gasteiger partial charge on any atom is -0.332 e. The normalized spacial score (nSPS) is 11.1. The summed E-state index contributed by atoms with van der Waals surface area (Å²) in [6.07, 6.45) is 4.58. The number of hydrogen-bond donors (Lipinski definition) is 1. The summed E-state index contributed by atoms with van der Waals surface area (Å²) in [6.45, 7) is 0. The van der Waals surface area contributed by atoms with Crippen molar-refractivity contribution in [1.82, 2.24) is 14.4 Å². The summed E-state index contributed by atoms with van der Waals surface area (Å²) in [5.74, 6) is -6.16. The van der Waals surface area contributed by atoms with Crippen LogP contribution in [-0.2, 0) is 0 Å². The standard InChI is InChI=1S/C12H5BrF4N4/c13-7-4-21-2-1-18-12(21)11(19-7)20-10-8(16)5(14)3-6(15)9(10)17/h1-4H,(H,19,20). The number of aromatic nitrogens is 3. The van der Waals surface area contributed by atoms with Crippen molar-refractivity contribution in [3.8, 4) is 0 Å². The van der Waals surface area contributed by atoms with Gasteiger partial charge in [-0.1, -0.05) is 0 Å². The quantitative estimate of drug-likeness (QED) is 0.558. The average Bonchev–Trinajstić information content (AvgIpc) is 2.89. The molecule has 0 aliphatic heterocycles. The van der Waals surface area contributed by atoms with Crippen molar-refractivity contribution < 1.29 is 17.6 Å². The van der Waals surface area contributed by atoms with Gasteiger partial charge < -0.3 is 9.72 Å². The third kappa shape index (κ3) is 2.33. The SMILES string of the molecule is Fc1cc(F)c(F)c(Nc2nc(Br)cn3ccnc23)c1F. The zero-order valence-corrected chi connectivity index (χ0v) is 11.6. The summed E-state index contributed by atoms with van der Waals surface area (Å²) in [5.41, 5.74) is -0.732. The second-order valence-electron chi connectivity index (χ2n) is 4.04. The van der Waals surface area contributed by atoms with Gasteiger partial charge in [0.15, 0.2) is 34.7 Å². The molecule has 4 nitrogen and oxygen atoms in total. The molecule has 0 atom stereocenters. The van der Waals surface area contributed by atoms with E-state index in [2.05, 4.69) is 31.2 Å². The number of halogens is 5. The van der Waals surface area contributed by atoms with Crippen molar-refractivity contribution in [2.75, 3.05) is 5.32 Å². The monoisotopic (exact) mass is 360 g/mol. The molecule has 2 heterocycles. The molecule has 9 heteroatoms. The lowest BCUT2D eigenvalue weighted by Crippen LogP contribution is -2.06.